The highest BCUT2D eigenvalue weighted by molar-refractivity contribution is 5.88. The van der Waals surface area contributed by atoms with E-state index >= 15 is 0 Å². The van der Waals surface area contributed by atoms with E-state index in [0.29, 0.717) is 18.4 Å². The molecular weight excluding hydrogens is 324 g/mol. The van der Waals surface area contributed by atoms with E-state index in [1.807, 2.05) is 0 Å². The third-order valence-electron chi connectivity index (χ3n) is 4.72. The molecule has 0 spiro atoms. The van der Waals surface area contributed by atoms with E-state index in [4.69, 9.17) is 4.42 Å². The van der Waals surface area contributed by atoms with Gasteiger partial charge in [0.1, 0.15) is 5.58 Å². The van der Waals surface area contributed by atoms with E-state index < -0.39 is 0 Å². The molecule has 1 saturated heterocycles. The maximum Gasteiger partial charge on any atom is 0.224 e. The Morgan fingerprint density at radius 2 is 2.04 bits per heavy atom. The molecule has 2 aromatic rings. The molecule has 2 heterocycles. The van der Waals surface area contributed by atoms with Crippen LogP contribution < -0.4 is 10.6 Å². The summed E-state index contributed by atoms with van der Waals surface area (Å²) < 4.78 is 5.67. The molecule has 132 valence electrons. The summed E-state index contributed by atoms with van der Waals surface area (Å²) >= 11 is 0. The fraction of sp³-hybridized carbons (Fsp3) is 0.526. The molecule has 0 unspecified atom stereocenters. The summed E-state index contributed by atoms with van der Waals surface area (Å²) in [5, 5.41) is 7.53. The lowest BCUT2D eigenvalue weighted by atomic mass is 9.95. The van der Waals surface area contributed by atoms with Crippen molar-refractivity contribution >= 4 is 29.3 Å². The number of halogens is 1. The number of rotatable bonds is 4. The quantitative estimate of drug-likeness (QED) is 0.884. The first kappa shape index (κ1) is 18.8. The van der Waals surface area contributed by atoms with Gasteiger partial charge in [0.25, 0.3) is 0 Å². The molecule has 1 amide bonds. The molecule has 0 aliphatic carbocycles. The van der Waals surface area contributed by atoms with Gasteiger partial charge in [-0.3, -0.25) is 4.79 Å². The van der Waals surface area contributed by atoms with E-state index in [2.05, 4.69) is 43.5 Å². The average molecular weight is 351 g/mol. The number of piperidine rings is 1. The van der Waals surface area contributed by atoms with Crippen molar-refractivity contribution in [1.82, 2.24) is 10.6 Å². The first-order valence-corrected chi connectivity index (χ1v) is 8.55. The topological polar surface area (TPSA) is 54.3 Å². The second kappa shape index (κ2) is 8.04. The van der Waals surface area contributed by atoms with Gasteiger partial charge in [0, 0.05) is 17.0 Å². The molecule has 3 rings (SSSR count). The largest absolute Gasteiger partial charge is 0.464 e. The van der Waals surface area contributed by atoms with Crippen molar-refractivity contribution in [2.75, 3.05) is 13.1 Å². The molecule has 1 aromatic carbocycles. The highest BCUT2D eigenvalue weighted by Crippen LogP contribution is 2.29. The van der Waals surface area contributed by atoms with Crippen LogP contribution in [0.25, 0.3) is 11.0 Å². The molecule has 5 heteroatoms. The highest BCUT2D eigenvalue weighted by atomic mass is 35.5. The Balaban J connectivity index is 0.00000208. The lowest BCUT2D eigenvalue weighted by Crippen LogP contribution is -2.43. The van der Waals surface area contributed by atoms with E-state index in [-0.39, 0.29) is 18.3 Å². The van der Waals surface area contributed by atoms with Crippen molar-refractivity contribution in [2.45, 2.75) is 52.0 Å². The number of furan rings is 1. The fourth-order valence-corrected chi connectivity index (χ4v) is 3.42. The Morgan fingerprint density at radius 3 is 2.71 bits per heavy atom. The summed E-state index contributed by atoms with van der Waals surface area (Å²) in [7, 11) is 0. The lowest BCUT2D eigenvalue weighted by Gasteiger charge is -2.23. The molecule has 1 aromatic heterocycles. The van der Waals surface area contributed by atoms with E-state index in [1.54, 1.807) is 6.26 Å². The minimum atomic E-state index is 0. The number of fused-ring (bicyclic) bond motifs is 1. The Hall–Kier alpha value is -1.52. The van der Waals surface area contributed by atoms with Crippen LogP contribution in [-0.2, 0) is 11.2 Å². The third kappa shape index (κ3) is 4.11. The summed E-state index contributed by atoms with van der Waals surface area (Å²) in [5.41, 5.74) is 4.41. The zero-order valence-electron chi connectivity index (χ0n) is 14.6. The van der Waals surface area contributed by atoms with Crippen LogP contribution in [0.5, 0.6) is 0 Å². The summed E-state index contributed by atoms with van der Waals surface area (Å²) in [6.07, 6.45) is 4.14. The van der Waals surface area contributed by atoms with Gasteiger partial charge in [-0.05, 0) is 62.0 Å². The molecule has 24 heavy (non-hydrogen) atoms. The van der Waals surface area contributed by atoms with E-state index in [9.17, 15) is 4.79 Å². The van der Waals surface area contributed by atoms with Gasteiger partial charge in [0.05, 0.1) is 12.7 Å². The van der Waals surface area contributed by atoms with Gasteiger partial charge < -0.3 is 15.1 Å². The van der Waals surface area contributed by atoms with Gasteiger partial charge in [-0.25, -0.2) is 0 Å². The predicted molar refractivity (Wildman–Crippen MR) is 100 cm³/mol. The summed E-state index contributed by atoms with van der Waals surface area (Å²) in [4.78, 5) is 12.3. The number of benzene rings is 1. The van der Waals surface area contributed by atoms with Crippen LogP contribution in [0.3, 0.4) is 0 Å². The summed E-state index contributed by atoms with van der Waals surface area (Å²) in [5.74, 6) is 0.553. The SMILES string of the molecule is Cc1cc2occ(CC(=O)NC3CCNCC3)c2cc1C(C)C.Cl. The van der Waals surface area contributed by atoms with E-state index in [0.717, 1.165) is 42.5 Å². The first-order chi connectivity index (χ1) is 11.0. The minimum absolute atomic E-state index is 0. The van der Waals surface area contributed by atoms with Crippen LogP contribution >= 0.6 is 12.4 Å². The molecule has 0 radical (unpaired) electrons. The fourth-order valence-electron chi connectivity index (χ4n) is 3.42. The van der Waals surface area contributed by atoms with Crippen LogP contribution in [0.4, 0.5) is 0 Å². The van der Waals surface area contributed by atoms with Gasteiger partial charge in [-0.1, -0.05) is 13.8 Å². The van der Waals surface area contributed by atoms with Crippen LogP contribution in [0.2, 0.25) is 0 Å². The van der Waals surface area contributed by atoms with Crippen molar-refractivity contribution in [3.8, 4) is 0 Å². The Morgan fingerprint density at radius 1 is 1.33 bits per heavy atom. The number of hydrogen-bond donors (Lipinski definition) is 2. The molecule has 0 saturated carbocycles. The van der Waals surface area contributed by atoms with Gasteiger partial charge in [0.2, 0.25) is 5.91 Å². The molecule has 1 fully saturated rings. The number of nitrogens with one attached hydrogen (secondary N) is 2. The molecule has 0 bridgehead atoms. The second-order valence-corrected chi connectivity index (χ2v) is 6.89. The molecule has 4 nitrogen and oxygen atoms in total. The van der Waals surface area contributed by atoms with Gasteiger partial charge >= 0.3 is 0 Å². The molecular formula is C19H27ClN2O2. The van der Waals surface area contributed by atoms with E-state index in [1.165, 1.54) is 11.1 Å². The molecule has 1 aliphatic heterocycles. The standard InChI is InChI=1S/C19H26N2O2.ClH/c1-12(2)16-10-17-14(11-23-18(17)8-13(16)3)9-19(22)21-15-4-6-20-7-5-15;/h8,10-12,15,20H,4-7,9H2,1-3H3,(H,21,22);1H. The Bertz CT molecular complexity index is 703. The zero-order valence-corrected chi connectivity index (χ0v) is 15.5. The summed E-state index contributed by atoms with van der Waals surface area (Å²) in [6.45, 7) is 8.46. The van der Waals surface area contributed by atoms with Crippen molar-refractivity contribution in [3.63, 3.8) is 0 Å². The molecule has 0 atom stereocenters. The van der Waals surface area contributed by atoms with Gasteiger partial charge in [0.15, 0.2) is 0 Å². The van der Waals surface area contributed by atoms with Crippen LogP contribution in [-0.4, -0.2) is 25.0 Å². The highest BCUT2D eigenvalue weighted by Gasteiger charge is 2.18. The van der Waals surface area contributed by atoms with Crippen molar-refractivity contribution in [1.29, 1.82) is 0 Å². The van der Waals surface area contributed by atoms with Crippen molar-refractivity contribution in [2.24, 2.45) is 0 Å². The van der Waals surface area contributed by atoms with Crippen LogP contribution in [0.15, 0.2) is 22.8 Å². The monoisotopic (exact) mass is 350 g/mol. The van der Waals surface area contributed by atoms with Crippen LogP contribution in [0.1, 0.15) is 49.3 Å². The maximum absolute atomic E-state index is 12.3. The average Bonchev–Trinajstić information content (AvgIpc) is 2.89. The maximum atomic E-state index is 12.3. The lowest BCUT2D eigenvalue weighted by molar-refractivity contribution is -0.121. The molecule has 1 aliphatic rings. The minimum Gasteiger partial charge on any atom is -0.464 e. The predicted octanol–water partition coefficient (Wildman–Crippen LogP) is 3.70. The Labute approximate surface area is 149 Å². The first-order valence-electron chi connectivity index (χ1n) is 8.55. The number of hydrogen-bond acceptors (Lipinski definition) is 3. The van der Waals surface area contributed by atoms with Crippen molar-refractivity contribution in [3.05, 3.63) is 35.1 Å². The van der Waals surface area contributed by atoms with Gasteiger partial charge in [-0.15, -0.1) is 12.4 Å². The zero-order chi connectivity index (χ0) is 16.4. The number of carbonyl (C=O) groups excluding carboxylic acids is 1. The Kier molecular flexibility index (Phi) is 6.30. The number of aryl methyl sites for hydroxylation is 1. The third-order valence-corrected chi connectivity index (χ3v) is 4.72. The van der Waals surface area contributed by atoms with Crippen LogP contribution in [0, 0.1) is 6.92 Å². The number of carbonyl (C=O) groups is 1. The van der Waals surface area contributed by atoms with Crippen molar-refractivity contribution < 1.29 is 9.21 Å². The number of amides is 1. The second-order valence-electron chi connectivity index (χ2n) is 6.89. The molecule has 2 N–H and O–H groups in total. The summed E-state index contributed by atoms with van der Waals surface area (Å²) in [6, 6.07) is 4.57. The smallest absolute Gasteiger partial charge is 0.224 e. The van der Waals surface area contributed by atoms with Gasteiger partial charge in [-0.2, -0.15) is 0 Å². The normalized spacial score (nSPS) is 15.5.